The fourth-order valence-corrected chi connectivity index (χ4v) is 3.76. The van der Waals surface area contributed by atoms with Crippen molar-refractivity contribution in [2.24, 2.45) is 5.92 Å². The van der Waals surface area contributed by atoms with Crippen LogP contribution >= 0.6 is 36.2 Å². The van der Waals surface area contributed by atoms with Gasteiger partial charge in [-0.15, -0.1) is 36.2 Å². The van der Waals surface area contributed by atoms with Crippen LogP contribution in [0.2, 0.25) is 0 Å². The van der Waals surface area contributed by atoms with E-state index in [-0.39, 0.29) is 42.6 Å². The first-order valence-electron chi connectivity index (χ1n) is 7.79. The molecule has 1 aromatic carbocycles. The number of piperidine rings is 1. The van der Waals surface area contributed by atoms with Crippen LogP contribution in [-0.4, -0.2) is 30.0 Å². The van der Waals surface area contributed by atoms with Gasteiger partial charge in [-0.3, -0.25) is 4.79 Å². The van der Waals surface area contributed by atoms with Crippen LogP contribution in [0.25, 0.3) is 10.6 Å². The zero-order chi connectivity index (χ0) is 16.4. The third kappa shape index (κ3) is 5.14. The van der Waals surface area contributed by atoms with Gasteiger partial charge in [0.2, 0.25) is 0 Å². The smallest absolute Gasteiger partial charge is 0.263 e. The van der Waals surface area contributed by atoms with E-state index < -0.39 is 0 Å². The summed E-state index contributed by atoms with van der Waals surface area (Å²) in [7, 11) is 0. The van der Waals surface area contributed by atoms with Crippen LogP contribution < -0.4 is 10.6 Å². The fourth-order valence-electron chi connectivity index (χ4n) is 2.79. The summed E-state index contributed by atoms with van der Waals surface area (Å²) in [4.78, 5) is 17.7. The third-order valence-corrected chi connectivity index (χ3v) is 5.40. The number of thiazole rings is 1. The van der Waals surface area contributed by atoms with Crippen molar-refractivity contribution < 1.29 is 9.18 Å². The number of carbonyl (C=O) groups is 1. The van der Waals surface area contributed by atoms with E-state index in [9.17, 15) is 9.18 Å². The number of amides is 1. The Hall–Kier alpha value is -1.21. The maximum absolute atomic E-state index is 13.0. The highest BCUT2D eigenvalue weighted by Gasteiger charge is 2.25. The molecule has 2 aromatic rings. The lowest BCUT2D eigenvalue weighted by Gasteiger charge is -2.30. The quantitative estimate of drug-likeness (QED) is 0.815. The molecule has 1 aliphatic heterocycles. The van der Waals surface area contributed by atoms with Crippen LogP contribution in [0.4, 0.5) is 4.39 Å². The van der Waals surface area contributed by atoms with Crippen LogP contribution in [-0.2, 0) is 0 Å². The minimum atomic E-state index is -0.278. The van der Waals surface area contributed by atoms with Gasteiger partial charge in [-0.2, -0.15) is 0 Å². The van der Waals surface area contributed by atoms with Crippen LogP contribution in [0.3, 0.4) is 0 Å². The molecule has 25 heavy (non-hydrogen) atoms. The lowest BCUT2D eigenvalue weighted by atomic mass is 9.95. The Balaban J connectivity index is 0.00000156. The van der Waals surface area contributed by atoms with E-state index in [1.807, 2.05) is 6.92 Å². The van der Waals surface area contributed by atoms with Crippen LogP contribution in [0.15, 0.2) is 24.3 Å². The summed E-state index contributed by atoms with van der Waals surface area (Å²) >= 11 is 1.36. The lowest BCUT2D eigenvalue weighted by Crippen LogP contribution is -2.48. The predicted molar refractivity (Wildman–Crippen MR) is 105 cm³/mol. The van der Waals surface area contributed by atoms with Crippen molar-refractivity contribution >= 4 is 42.1 Å². The van der Waals surface area contributed by atoms with Crippen LogP contribution in [0, 0.1) is 18.7 Å². The van der Waals surface area contributed by atoms with Gasteiger partial charge in [-0.05, 0) is 56.6 Å². The molecule has 2 unspecified atom stereocenters. The second kappa shape index (κ2) is 9.48. The molecule has 0 radical (unpaired) electrons. The molecule has 1 amide bonds. The second-order valence-corrected chi connectivity index (χ2v) is 6.99. The standard InChI is InChI=1S/C17H20FN3OS.2ClH/c1-10-9-19-8-7-14(10)21-16(22)15-11(2)20-17(23-15)12-3-5-13(18)6-4-12;;/h3-6,10,14,19H,7-9H2,1-2H3,(H,21,22);2*1H. The van der Waals surface area contributed by atoms with Crippen molar-refractivity contribution in [1.29, 1.82) is 0 Å². The van der Waals surface area contributed by atoms with Crippen molar-refractivity contribution in [2.75, 3.05) is 13.1 Å². The topological polar surface area (TPSA) is 54.0 Å². The lowest BCUT2D eigenvalue weighted by molar-refractivity contribution is 0.0917. The molecule has 2 N–H and O–H groups in total. The van der Waals surface area contributed by atoms with Gasteiger partial charge in [0.05, 0.1) is 5.69 Å². The van der Waals surface area contributed by atoms with Gasteiger partial charge in [0.1, 0.15) is 15.7 Å². The molecular formula is C17H22Cl2FN3OS. The summed E-state index contributed by atoms with van der Waals surface area (Å²) in [6, 6.07) is 6.37. The first kappa shape index (κ1) is 21.8. The zero-order valence-corrected chi connectivity index (χ0v) is 16.5. The number of nitrogens with one attached hydrogen (secondary N) is 2. The summed E-state index contributed by atoms with van der Waals surface area (Å²) < 4.78 is 13.0. The molecular weight excluding hydrogens is 384 g/mol. The highest BCUT2D eigenvalue weighted by molar-refractivity contribution is 7.17. The highest BCUT2D eigenvalue weighted by atomic mass is 35.5. The summed E-state index contributed by atoms with van der Waals surface area (Å²) in [5, 5.41) is 7.20. The van der Waals surface area contributed by atoms with Crippen molar-refractivity contribution in [1.82, 2.24) is 15.6 Å². The predicted octanol–water partition coefficient (Wildman–Crippen LogP) is 3.83. The van der Waals surface area contributed by atoms with Crippen molar-refractivity contribution in [2.45, 2.75) is 26.3 Å². The molecule has 2 heterocycles. The van der Waals surface area contributed by atoms with Gasteiger partial charge in [0.25, 0.3) is 5.91 Å². The number of hydrogen-bond donors (Lipinski definition) is 2. The highest BCUT2D eigenvalue weighted by Crippen LogP contribution is 2.28. The Labute approximate surface area is 163 Å². The molecule has 1 aliphatic rings. The van der Waals surface area contributed by atoms with Crippen LogP contribution in [0.5, 0.6) is 0 Å². The molecule has 0 spiro atoms. The van der Waals surface area contributed by atoms with E-state index >= 15 is 0 Å². The largest absolute Gasteiger partial charge is 0.348 e. The summed E-state index contributed by atoms with van der Waals surface area (Å²) in [5.41, 5.74) is 1.54. The number of aryl methyl sites for hydroxylation is 1. The second-order valence-electron chi connectivity index (χ2n) is 5.99. The summed E-state index contributed by atoms with van der Waals surface area (Å²) in [5.74, 6) is 0.0736. The van der Waals surface area contributed by atoms with Crippen molar-refractivity contribution in [3.8, 4) is 10.6 Å². The number of rotatable bonds is 3. The van der Waals surface area contributed by atoms with E-state index in [0.29, 0.717) is 16.5 Å². The van der Waals surface area contributed by atoms with E-state index in [4.69, 9.17) is 0 Å². The number of aromatic nitrogens is 1. The van der Waals surface area contributed by atoms with Gasteiger partial charge >= 0.3 is 0 Å². The maximum Gasteiger partial charge on any atom is 0.263 e. The zero-order valence-electron chi connectivity index (χ0n) is 14.0. The fraction of sp³-hybridized carbons (Fsp3) is 0.412. The van der Waals surface area contributed by atoms with Crippen LogP contribution in [0.1, 0.15) is 28.7 Å². The Kier molecular flexibility index (Phi) is 8.28. The van der Waals surface area contributed by atoms with E-state index in [2.05, 4.69) is 22.5 Å². The number of halogens is 3. The molecule has 2 atom stereocenters. The normalized spacial score (nSPS) is 19.5. The first-order chi connectivity index (χ1) is 11.0. The van der Waals surface area contributed by atoms with Gasteiger partial charge < -0.3 is 10.6 Å². The SMILES string of the molecule is Cc1nc(-c2ccc(F)cc2)sc1C(=O)NC1CCNCC1C.Cl.Cl. The Morgan fingerprint density at radius 1 is 1.32 bits per heavy atom. The Morgan fingerprint density at radius 3 is 2.64 bits per heavy atom. The Morgan fingerprint density at radius 2 is 2.00 bits per heavy atom. The summed E-state index contributed by atoms with van der Waals surface area (Å²) in [6.45, 7) is 5.83. The van der Waals surface area contributed by atoms with Crippen molar-refractivity contribution in [3.63, 3.8) is 0 Å². The number of carbonyl (C=O) groups excluding carboxylic acids is 1. The molecule has 1 aromatic heterocycles. The number of nitrogens with zero attached hydrogens (tertiary/aromatic N) is 1. The molecule has 0 saturated carbocycles. The maximum atomic E-state index is 13.0. The first-order valence-corrected chi connectivity index (χ1v) is 8.61. The average Bonchev–Trinajstić information content (AvgIpc) is 2.92. The van der Waals surface area contributed by atoms with Gasteiger partial charge in [0.15, 0.2) is 0 Å². The number of benzene rings is 1. The monoisotopic (exact) mass is 405 g/mol. The average molecular weight is 406 g/mol. The van der Waals surface area contributed by atoms with E-state index in [1.165, 1.54) is 23.5 Å². The van der Waals surface area contributed by atoms with Gasteiger partial charge in [0, 0.05) is 11.6 Å². The molecule has 1 fully saturated rings. The molecule has 4 nitrogen and oxygen atoms in total. The minimum Gasteiger partial charge on any atom is -0.348 e. The molecule has 1 saturated heterocycles. The Bertz CT molecular complexity index is 708. The van der Waals surface area contributed by atoms with E-state index in [0.717, 1.165) is 30.1 Å². The molecule has 138 valence electrons. The van der Waals surface area contributed by atoms with Gasteiger partial charge in [-0.25, -0.2) is 9.37 Å². The van der Waals surface area contributed by atoms with Crippen molar-refractivity contribution in [3.05, 3.63) is 40.7 Å². The minimum absolute atomic E-state index is 0. The third-order valence-electron chi connectivity index (χ3n) is 4.20. The number of hydrogen-bond acceptors (Lipinski definition) is 4. The van der Waals surface area contributed by atoms with E-state index in [1.54, 1.807) is 12.1 Å². The molecule has 0 aliphatic carbocycles. The molecule has 0 bridgehead atoms. The summed E-state index contributed by atoms with van der Waals surface area (Å²) in [6.07, 6.45) is 0.940. The molecule has 8 heteroatoms. The van der Waals surface area contributed by atoms with Gasteiger partial charge in [-0.1, -0.05) is 6.92 Å². The molecule has 3 rings (SSSR count).